The first-order chi connectivity index (χ1) is 24.3. The highest BCUT2D eigenvalue weighted by Crippen LogP contribution is 2.42. The molecule has 6 N–H and O–H groups in total. The molecule has 3 aliphatic carbocycles. The molecule has 1 aliphatic heterocycles. The van der Waals surface area contributed by atoms with Crippen LogP contribution < -0.4 is 31.6 Å². The Morgan fingerprint density at radius 1 is 0.863 bits per heavy atom. The van der Waals surface area contributed by atoms with Crippen LogP contribution in [0.4, 0.5) is 26.8 Å². The van der Waals surface area contributed by atoms with Crippen LogP contribution in [0.3, 0.4) is 0 Å². The maximum Gasteiger partial charge on any atom is 0.488 e. The van der Waals surface area contributed by atoms with Gasteiger partial charge in [0.1, 0.15) is 10.6 Å². The number of nitrogens with one attached hydrogen (secondary N) is 4. The summed E-state index contributed by atoms with van der Waals surface area (Å²) in [5.41, 5.74) is 2.94. The number of amides is 4. The summed E-state index contributed by atoms with van der Waals surface area (Å²) in [6.45, 7) is 7.40. The third kappa shape index (κ3) is 9.36. The number of urea groups is 2. The fourth-order valence-electron chi connectivity index (χ4n) is 5.63. The highest BCUT2D eigenvalue weighted by atomic mass is 32.2. The Hall–Kier alpha value is -4.25. The Kier molecular flexibility index (Phi) is 10.9. The van der Waals surface area contributed by atoms with Crippen LogP contribution in [-0.2, 0) is 19.3 Å². The van der Waals surface area contributed by atoms with Gasteiger partial charge in [0.2, 0.25) is 0 Å². The van der Waals surface area contributed by atoms with Gasteiger partial charge in [-0.1, -0.05) is 12.1 Å². The number of benzene rings is 2. The molecule has 3 aromatic rings. The van der Waals surface area contributed by atoms with Crippen molar-refractivity contribution in [3.63, 3.8) is 0 Å². The van der Waals surface area contributed by atoms with E-state index >= 15 is 0 Å². The molecule has 0 unspecified atom stereocenters. The summed E-state index contributed by atoms with van der Waals surface area (Å²) < 4.78 is 31.1. The summed E-state index contributed by atoms with van der Waals surface area (Å²) in [6.07, 6.45) is 5.56. The second-order valence-corrected chi connectivity index (χ2v) is 16.9. The Balaban J connectivity index is 0.000000234. The van der Waals surface area contributed by atoms with Gasteiger partial charge in [-0.05, 0) is 101 Å². The first-order valence-corrected chi connectivity index (χ1v) is 19.0. The minimum atomic E-state index is -3.39. The van der Waals surface area contributed by atoms with E-state index in [-0.39, 0.29) is 29.4 Å². The molecule has 7 rings (SSSR count). The summed E-state index contributed by atoms with van der Waals surface area (Å²) in [5, 5.41) is 28.7. The second kappa shape index (κ2) is 15.2. The van der Waals surface area contributed by atoms with Crippen molar-refractivity contribution < 1.29 is 32.8 Å². The zero-order valence-corrected chi connectivity index (χ0v) is 29.9. The maximum atomic E-state index is 13.3. The molecule has 14 nitrogen and oxygen atoms in total. The number of rotatable bonds is 10. The summed E-state index contributed by atoms with van der Waals surface area (Å²) in [4.78, 5) is 35.2. The van der Waals surface area contributed by atoms with Gasteiger partial charge in [-0.2, -0.15) is 0 Å². The molecule has 2 aromatic carbocycles. The number of anilines is 3. The quantitative estimate of drug-likeness (QED) is 0.170. The van der Waals surface area contributed by atoms with Crippen molar-refractivity contribution >= 4 is 51.7 Å². The molecule has 0 spiro atoms. The van der Waals surface area contributed by atoms with Gasteiger partial charge in [-0.15, -0.1) is 0 Å². The van der Waals surface area contributed by atoms with Crippen LogP contribution in [-0.4, -0.2) is 90.7 Å². The fraction of sp³-hybridized carbons (Fsp3) is 0.486. The average molecular weight is 720 g/mol. The molecule has 3 saturated carbocycles. The van der Waals surface area contributed by atoms with Crippen LogP contribution in [0.25, 0.3) is 11.4 Å². The van der Waals surface area contributed by atoms with E-state index in [4.69, 9.17) is 24.8 Å². The number of morpholine rings is 1. The van der Waals surface area contributed by atoms with E-state index in [0.29, 0.717) is 72.8 Å². The lowest BCUT2D eigenvalue weighted by molar-refractivity contribution is 0.0985. The van der Waals surface area contributed by atoms with E-state index in [0.717, 1.165) is 31.2 Å². The number of nitrogens with zero attached hydrogens (tertiary/aromatic N) is 3. The maximum absolute atomic E-state index is 13.3. The third-order valence-corrected chi connectivity index (χ3v) is 12.3. The lowest BCUT2D eigenvalue weighted by atomic mass is 9.80. The Morgan fingerprint density at radius 2 is 1.41 bits per heavy atom. The molecule has 0 radical (unpaired) electrons. The number of carbonyl (C=O) groups excluding carboxylic acids is 2. The molecule has 51 heavy (non-hydrogen) atoms. The average Bonchev–Trinajstić information content (AvgIpc) is 3.93. The molecule has 1 aromatic heterocycles. The first kappa shape index (κ1) is 36.5. The Morgan fingerprint density at radius 3 is 1.90 bits per heavy atom. The van der Waals surface area contributed by atoms with Crippen molar-refractivity contribution in [2.75, 3.05) is 35.3 Å². The molecule has 1 atom stereocenters. The molecular weight excluding hydrogens is 673 g/mol. The minimum absolute atomic E-state index is 0.110. The van der Waals surface area contributed by atoms with Crippen molar-refractivity contribution in [3.05, 3.63) is 60.3 Å². The molecular formula is C35H46BN7O7S. The normalized spacial score (nSPS) is 18.9. The number of aromatic nitrogens is 2. The topological polar surface area (TPSA) is 195 Å². The summed E-state index contributed by atoms with van der Waals surface area (Å²) in [6, 6.07) is 15.8. The first-order valence-electron chi connectivity index (χ1n) is 17.5. The van der Waals surface area contributed by atoms with Crippen molar-refractivity contribution in [2.45, 2.75) is 87.4 Å². The fourth-order valence-corrected chi connectivity index (χ4v) is 7.62. The van der Waals surface area contributed by atoms with Crippen LogP contribution in [0, 0.1) is 0 Å². The molecule has 0 bridgehead atoms. The van der Waals surface area contributed by atoms with Crippen molar-refractivity contribution in [3.8, 4) is 11.4 Å². The van der Waals surface area contributed by atoms with Crippen molar-refractivity contribution in [1.82, 2.24) is 20.6 Å². The summed E-state index contributed by atoms with van der Waals surface area (Å²) >= 11 is 0. The van der Waals surface area contributed by atoms with Crippen LogP contribution >= 0.6 is 0 Å². The van der Waals surface area contributed by atoms with Gasteiger partial charge in [-0.3, -0.25) is 0 Å². The van der Waals surface area contributed by atoms with E-state index in [1.807, 2.05) is 18.2 Å². The van der Waals surface area contributed by atoms with Crippen LogP contribution in [0.2, 0.25) is 0 Å². The third-order valence-electron chi connectivity index (χ3n) is 9.36. The van der Waals surface area contributed by atoms with Crippen LogP contribution in [0.1, 0.15) is 65.0 Å². The molecule has 272 valence electrons. The Bertz CT molecular complexity index is 1810. The molecule has 16 heteroatoms. The zero-order chi connectivity index (χ0) is 36.3. The monoisotopic (exact) mass is 719 g/mol. The zero-order valence-electron chi connectivity index (χ0n) is 29.1. The van der Waals surface area contributed by atoms with Gasteiger partial charge < -0.3 is 41.0 Å². The minimum Gasteiger partial charge on any atom is -0.423 e. The molecule has 4 fully saturated rings. The van der Waals surface area contributed by atoms with E-state index in [1.165, 1.54) is 0 Å². The smallest absolute Gasteiger partial charge is 0.423 e. The van der Waals surface area contributed by atoms with Crippen LogP contribution in [0.5, 0.6) is 0 Å². The number of carbonyl (C=O) groups is 2. The van der Waals surface area contributed by atoms with Gasteiger partial charge in [0, 0.05) is 41.6 Å². The SMILES string of the molecule is C[C@H]1COCCN1c1cc(C(C)(C)S(=O)(=O)C2CC2)nc(-c2ccc(NC(=O)NC3CC3)cc2)n1.O=C(Nc1ccc(B(O)O)cc1)NC1CC1. The van der Waals surface area contributed by atoms with Crippen LogP contribution in [0.15, 0.2) is 54.6 Å². The van der Waals surface area contributed by atoms with E-state index in [1.54, 1.807) is 50.2 Å². The molecule has 1 saturated heterocycles. The standard InChI is InChI=1S/C25H33N5O4S.C10H13BN2O3/c1-16-15-34-13-12-30(16)22-14-21(25(2,3)35(32,33)20-10-11-20)28-23(29-22)17-4-6-18(7-5-17)26-24(31)27-19-8-9-19;14-10(13-9-5-6-9)12-8-3-1-7(2-4-8)11(15)16/h4-7,14,16,19-20H,8-13,15H2,1-3H3,(H2,26,27,31);1-4,9,15-16H,5-6H2,(H2,12,13,14)/t16-;/m0./s1. The highest BCUT2D eigenvalue weighted by molar-refractivity contribution is 7.93. The largest absolute Gasteiger partial charge is 0.488 e. The lowest BCUT2D eigenvalue weighted by Gasteiger charge is -2.35. The molecule has 4 aliphatic rings. The van der Waals surface area contributed by atoms with Crippen molar-refractivity contribution in [1.29, 1.82) is 0 Å². The summed E-state index contributed by atoms with van der Waals surface area (Å²) in [7, 11) is -4.87. The predicted molar refractivity (Wildman–Crippen MR) is 197 cm³/mol. The number of hydrogen-bond donors (Lipinski definition) is 6. The second-order valence-electron chi connectivity index (χ2n) is 14.1. The van der Waals surface area contributed by atoms with Gasteiger partial charge in [0.05, 0.1) is 30.2 Å². The predicted octanol–water partition coefficient (Wildman–Crippen LogP) is 3.12. The van der Waals surface area contributed by atoms with Gasteiger partial charge in [0.15, 0.2) is 15.7 Å². The van der Waals surface area contributed by atoms with Gasteiger partial charge >= 0.3 is 19.2 Å². The number of hydrogen-bond acceptors (Lipinski definition) is 10. The number of ether oxygens (including phenoxy) is 1. The van der Waals surface area contributed by atoms with E-state index in [2.05, 4.69) is 33.1 Å². The van der Waals surface area contributed by atoms with E-state index < -0.39 is 21.7 Å². The highest BCUT2D eigenvalue weighted by Gasteiger charge is 2.48. The lowest BCUT2D eigenvalue weighted by Crippen LogP contribution is -2.44. The van der Waals surface area contributed by atoms with Gasteiger partial charge in [0.25, 0.3) is 0 Å². The summed E-state index contributed by atoms with van der Waals surface area (Å²) in [5.74, 6) is 1.16. The molecule has 4 amide bonds. The Labute approximate surface area is 298 Å². The number of sulfone groups is 1. The van der Waals surface area contributed by atoms with Crippen molar-refractivity contribution in [2.24, 2.45) is 0 Å². The van der Waals surface area contributed by atoms with Gasteiger partial charge in [-0.25, -0.2) is 28.0 Å². The van der Waals surface area contributed by atoms with E-state index in [9.17, 15) is 18.0 Å². The molecule has 2 heterocycles.